The molecule has 3 rings (SSSR count). The number of ether oxygens (including phenoxy) is 2. The lowest BCUT2D eigenvalue weighted by molar-refractivity contribution is -0.142. The Kier molecular flexibility index (Phi) is 5.51. The molecule has 0 saturated carbocycles. The minimum Gasteiger partial charge on any atom is -0.461 e. The van der Waals surface area contributed by atoms with Crippen LogP contribution in [-0.2, 0) is 25.7 Å². The summed E-state index contributed by atoms with van der Waals surface area (Å²) in [5.41, 5.74) is 11.2. The molecule has 1 aliphatic carbocycles. The smallest absolute Gasteiger partial charge is 0.302 e. The van der Waals surface area contributed by atoms with Gasteiger partial charge in [-0.3, -0.25) is 9.59 Å². The van der Waals surface area contributed by atoms with Crippen LogP contribution >= 0.6 is 0 Å². The normalized spacial score (nSPS) is 20.4. The van der Waals surface area contributed by atoms with Crippen molar-refractivity contribution in [3.8, 4) is 6.07 Å². The molecule has 158 valence electrons. The standard InChI is InChI=1S/C24H28N2O4/c1-12-7-13(2)20(14(3)17(12)11-29-15(4)27)21-16(10-25)23(26)30-19-9-24(5,6)8-18(28)22(19)21/h7,21H,8-9,11,26H2,1-6H3/t21-/m1/s1. The van der Waals surface area contributed by atoms with Crippen LogP contribution < -0.4 is 5.73 Å². The first-order valence-electron chi connectivity index (χ1n) is 10.0. The van der Waals surface area contributed by atoms with Crippen molar-refractivity contribution in [3.63, 3.8) is 0 Å². The molecule has 1 aromatic rings. The summed E-state index contributed by atoms with van der Waals surface area (Å²) in [7, 11) is 0. The highest BCUT2D eigenvalue weighted by Gasteiger charge is 2.44. The number of carbonyl (C=O) groups excluding carboxylic acids is 2. The molecule has 0 aromatic heterocycles. The van der Waals surface area contributed by atoms with E-state index < -0.39 is 5.92 Å². The van der Waals surface area contributed by atoms with Gasteiger partial charge in [-0.05, 0) is 54.0 Å². The molecule has 0 spiro atoms. The molecular weight excluding hydrogens is 380 g/mol. The number of ketones is 1. The molecule has 0 fully saturated rings. The van der Waals surface area contributed by atoms with Crippen LogP contribution in [0.15, 0.2) is 28.9 Å². The SMILES string of the molecule is CC(=O)OCc1c(C)cc(C)c([C@H]2C(C#N)=C(N)OC3=C2C(=O)CC(C)(C)C3)c1C. The van der Waals surface area contributed by atoms with Gasteiger partial charge in [-0.1, -0.05) is 19.9 Å². The first-order valence-corrected chi connectivity index (χ1v) is 10.0. The lowest BCUT2D eigenvalue weighted by Crippen LogP contribution is -2.34. The predicted octanol–water partition coefficient (Wildman–Crippen LogP) is 4.13. The summed E-state index contributed by atoms with van der Waals surface area (Å²) in [6.07, 6.45) is 0.961. The van der Waals surface area contributed by atoms with Crippen molar-refractivity contribution < 1.29 is 19.1 Å². The number of benzene rings is 1. The third-order valence-corrected chi connectivity index (χ3v) is 5.97. The molecule has 6 heteroatoms. The topological polar surface area (TPSA) is 102 Å². The van der Waals surface area contributed by atoms with Crippen LogP contribution in [0.4, 0.5) is 0 Å². The number of nitriles is 1. The van der Waals surface area contributed by atoms with E-state index in [0.717, 1.165) is 27.8 Å². The Hall–Kier alpha value is -3.07. The molecule has 2 N–H and O–H groups in total. The van der Waals surface area contributed by atoms with Gasteiger partial charge in [0.2, 0.25) is 5.88 Å². The number of hydrogen-bond acceptors (Lipinski definition) is 6. The number of Topliss-reactive ketones (excluding diaryl/α,β-unsaturated/α-hetero) is 1. The van der Waals surface area contributed by atoms with Crippen molar-refractivity contribution in [2.24, 2.45) is 11.1 Å². The average molecular weight is 408 g/mol. The predicted molar refractivity (Wildman–Crippen MR) is 112 cm³/mol. The number of nitrogens with two attached hydrogens (primary N) is 1. The quantitative estimate of drug-likeness (QED) is 0.755. The van der Waals surface area contributed by atoms with Gasteiger partial charge in [-0.15, -0.1) is 0 Å². The molecule has 0 bridgehead atoms. The van der Waals surface area contributed by atoms with Crippen LogP contribution in [0.25, 0.3) is 0 Å². The van der Waals surface area contributed by atoms with Gasteiger partial charge in [0.25, 0.3) is 0 Å². The van der Waals surface area contributed by atoms with Gasteiger partial charge >= 0.3 is 5.97 Å². The van der Waals surface area contributed by atoms with E-state index in [1.165, 1.54) is 6.92 Å². The van der Waals surface area contributed by atoms with Gasteiger partial charge in [0.05, 0.1) is 5.92 Å². The summed E-state index contributed by atoms with van der Waals surface area (Å²) in [6, 6.07) is 4.17. The Morgan fingerprint density at radius 3 is 2.57 bits per heavy atom. The van der Waals surface area contributed by atoms with Crippen LogP contribution in [0.2, 0.25) is 0 Å². The Labute approximate surface area is 177 Å². The number of hydrogen-bond donors (Lipinski definition) is 1. The second-order valence-electron chi connectivity index (χ2n) is 9.01. The molecule has 1 aromatic carbocycles. The zero-order valence-electron chi connectivity index (χ0n) is 18.4. The molecule has 1 heterocycles. The van der Waals surface area contributed by atoms with Gasteiger partial charge in [-0.2, -0.15) is 5.26 Å². The Morgan fingerprint density at radius 1 is 1.30 bits per heavy atom. The van der Waals surface area contributed by atoms with E-state index >= 15 is 0 Å². The highest BCUT2D eigenvalue weighted by molar-refractivity contribution is 6.00. The molecule has 30 heavy (non-hydrogen) atoms. The van der Waals surface area contributed by atoms with Gasteiger partial charge in [-0.25, -0.2) is 0 Å². The lowest BCUT2D eigenvalue weighted by Gasteiger charge is -2.38. The van der Waals surface area contributed by atoms with Crippen molar-refractivity contribution >= 4 is 11.8 Å². The van der Waals surface area contributed by atoms with E-state index in [1.54, 1.807) is 0 Å². The summed E-state index contributed by atoms with van der Waals surface area (Å²) < 4.78 is 11.0. The summed E-state index contributed by atoms with van der Waals surface area (Å²) in [5.74, 6) is -0.365. The summed E-state index contributed by atoms with van der Waals surface area (Å²) >= 11 is 0. The highest BCUT2D eigenvalue weighted by Crippen LogP contribution is 2.49. The van der Waals surface area contributed by atoms with Crippen molar-refractivity contribution in [2.75, 3.05) is 0 Å². The van der Waals surface area contributed by atoms with E-state index in [2.05, 4.69) is 6.07 Å². The number of allylic oxidation sites excluding steroid dienone is 3. The minimum atomic E-state index is -0.584. The summed E-state index contributed by atoms with van der Waals surface area (Å²) in [5, 5.41) is 9.88. The van der Waals surface area contributed by atoms with Crippen LogP contribution in [0.1, 0.15) is 67.3 Å². The second-order valence-corrected chi connectivity index (χ2v) is 9.01. The maximum Gasteiger partial charge on any atom is 0.302 e. The Balaban J connectivity index is 2.25. The molecule has 0 unspecified atom stereocenters. The van der Waals surface area contributed by atoms with Crippen LogP contribution in [0, 0.1) is 37.5 Å². The highest BCUT2D eigenvalue weighted by atomic mass is 16.5. The van der Waals surface area contributed by atoms with E-state index in [1.807, 2.05) is 40.7 Å². The molecule has 0 radical (unpaired) electrons. The van der Waals surface area contributed by atoms with E-state index in [-0.39, 0.29) is 35.2 Å². The van der Waals surface area contributed by atoms with E-state index in [4.69, 9.17) is 15.2 Å². The average Bonchev–Trinajstić information content (AvgIpc) is 2.59. The van der Waals surface area contributed by atoms with Crippen molar-refractivity contribution in [1.82, 2.24) is 0 Å². The van der Waals surface area contributed by atoms with E-state index in [9.17, 15) is 14.9 Å². The number of aryl methyl sites for hydroxylation is 2. The van der Waals surface area contributed by atoms with Gasteiger partial charge in [0, 0.05) is 25.3 Å². The molecule has 1 atom stereocenters. The fourth-order valence-corrected chi connectivity index (χ4v) is 4.66. The van der Waals surface area contributed by atoms with Crippen molar-refractivity contribution in [1.29, 1.82) is 5.26 Å². The Morgan fingerprint density at radius 2 is 1.97 bits per heavy atom. The maximum atomic E-state index is 13.2. The minimum absolute atomic E-state index is 0.0209. The number of carbonyl (C=O) groups is 2. The first kappa shape index (κ1) is 21.6. The van der Waals surface area contributed by atoms with Crippen LogP contribution in [-0.4, -0.2) is 11.8 Å². The van der Waals surface area contributed by atoms with E-state index in [0.29, 0.717) is 24.2 Å². The fraction of sp³-hybridized carbons (Fsp3) is 0.458. The van der Waals surface area contributed by atoms with Gasteiger partial charge in [0.15, 0.2) is 5.78 Å². The zero-order valence-corrected chi connectivity index (χ0v) is 18.4. The third-order valence-electron chi connectivity index (χ3n) is 5.97. The number of rotatable bonds is 3. The summed E-state index contributed by atoms with van der Waals surface area (Å²) in [6.45, 7) is 11.4. The zero-order chi connectivity index (χ0) is 22.4. The molecular formula is C24H28N2O4. The van der Waals surface area contributed by atoms with Gasteiger partial charge < -0.3 is 15.2 Å². The van der Waals surface area contributed by atoms with Crippen LogP contribution in [0.5, 0.6) is 0 Å². The third kappa shape index (κ3) is 3.72. The number of nitrogens with zero attached hydrogens (tertiary/aromatic N) is 1. The van der Waals surface area contributed by atoms with Gasteiger partial charge in [0.1, 0.15) is 24.0 Å². The number of esters is 1. The molecule has 6 nitrogen and oxygen atoms in total. The fourth-order valence-electron chi connectivity index (χ4n) is 4.66. The lowest BCUT2D eigenvalue weighted by atomic mass is 9.69. The summed E-state index contributed by atoms with van der Waals surface area (Å²) in [4.78, 5) is 24.6. The van der Waals surface area contributed by atoms with Crippen molar-refractivity contribution in [3.05, 3.63) is 56.7 Å². The molecule has 0 amide bonds. The molecule has 2 aliphatic rings. The largest absolute Gasteiger partial charge is 0.461 e. The molecule has 0 saturated heterocycles. The first-order chi connectivity index (χ1) is 14.0. The van der Waals surface area contributed by atoms with Crippen molar-refractivity contribution in [2.45, 2.75) is 66.9 Å². The second kappa shape index (κ2) is 7.64. The Bertz CT molecular complexity index is 1050. The molecule has 1 aliphatic heterocycles. The monoisotopic (exact) mass is 408 g/mol. The van der Waals surface area contributed by atoms with Crippen LogP contribution in [0.3, 0.4) is 0 Å². The maximum absolute atomic E-state index is 13.2.